The maximum absolute atomic E-state index is 12.6. The lowest BCUT2D eigenvalue weighted by Crippen LogP contribution is -2.37. The Hall–Kier alpha value is -2.24. The minimum atomic E-state index is -0.0646. The molecule has 1 saturated heterocycles. The molecule has 1 atom stereocenters. The number of nitrogens with one attached hydrogen (secondary N) is 1. The van der Waals surface area contributed by atoms with Crippen LogP contribution >= 0.6 is 11.6 Å². The SMILES string of the molecule is COc1cc(C(=O)NC2CCN(C3CC3)C2)ccc1OCc1ccc(Cl)cc1. The molecule has 2 aliphatic rings. The average molecular weight is 401 g/mol. The highest BCUT2D eigenvalue weighted by atomic mass is 35.5. The summed E-state index contributed by atoms with van der Waals surface area (Å²) in [5, 5.41) is 3.85. The second-order valence-corrected chi connectivity index (χ2v) is 7.90. The number of hydrogen-bond acceptors (Lipinski definition) is 4. The molecular formula is C22H25ClN2O3. The highest BCUT2D eigenvalue weighted by molar-refractivity contribution is 6.30. The fraction of sp³-hybridized carbons (Fsp3) is 0.409. The van der Waals surface area contributed by atoms with E-state index in [1.54, 1.807) is 25.3 Å². The summed E-state index contributed by atoms with van der Waals surface area (Å²) in [4.78, 5) is 15.1. The zero-order valence-electron chi connectivity index (χ0n) is 16.0. The molecule has 5 nitrogen and oxygen atoms in total. The van der Waals surface area contributed by atoms with Gasteiger partial charge in [-0.2, -0.15) is 0 Å². The number of carbonyl (C=O) groups excluding carboxylic acids is 1. The number of methoxy groups -OCH3 is 1. The van der Waals surface area contributed by atoms with Crippen molar-refractivity contribution in [2.24, 2.45) is 0 Å². The number of halogens is 1. The molecule has 148 valence electrons. The highest BCUT2D eigenvalue weighted by Crippen LogP contribution is 2.31. The molecule has 0 bridgehead atoms. The van der Waals surface area contributed by atoms with Gasteiger partial charge in [-0.05, 0) is 55.2 Å². The smallest absolute Gasteiger partial charge is 0.251 e. The lowest BCUT2D eigenvalue weighted by molar-refractivity contribution is 0.0937. The second kappa shape index (κ2) is 8.41. The molecule has 1 saturated carbocycles. The number of likely N-dealkylation sites (tertiary alicyclic amines) is 1. The normalized spacial score (nSPS) is 19.4. The Morgan fingerprint density at radius 3 is 2.64 bits per heavy atom. The summed E-state index contributed by atoms with van der Waals surface area (Å²) in [5.41, 5.74) is 1.59. The highest BCUT2D eigenvalue weighted by Gasteiger charge is 2.34. The van der Waals surface area contributed by atoms with Crippen LogP contribution in [-0.4, -0.2) is 43.1 Å². The van der Waals surface area contributed by atoms with Gasteiger partial charge in [-0.1, -0.05) is 23.7 Å². The van der Waals surface area contributed by atoms with Gasteiger partial charge >= 0.3 is 0 Å². The summed E-state index contributed by atoms with van der Waals surface area (Å²) in [5.74, 6) is 1.09. The van der Waals surface area contributed by atoms with E-state index in [9.17, 15) is 4.79 Å². The number of carbonyl (C=O) groups is 1. The summed E-state index contributed by atoms with van der Waals surface area (Å²) >= 11 is 5.91. The zero-order chi connectivity index (χ0) is 19.5. The van der Waals surface area contributed by atoms with E-state index in [1.807, 2.05) is 24.3 Å². The summed E-state index contributed by atoms with van der Waals surface area (Å²) in [6, 6.07) is 13.8. The zero-order valence-corrected chi connectivity index (χ0v) is 16.7. The Labute approximate surface area is 170 Å². The van der Waals surface area contributed by atoms with E-state index in [1.165, 1.54) is 12.8 Å². The van der Waals surface area contributed by atoms with Crippen molar-refractivity contribution >= 4 is 17.5 Å². The van der Waals surface area contributed by atoms with E-state index in [2.05, 4.69) is 10.2 Å². The Balaban J connectivity index is 1.36. The van der Waals surface area contributed by atoms with Gasteiger partial charge in [0, 0.05) is 35.8 Å². The van der Waals surface area contributed by atoms with Gasteiger partial charge in [-0.25, -0.2) is 0 Å². The first-order valence-corrected chi connectivity index (χ1v) is 10.1. The molecule has 1 aliphatic carbocycles. The van der Waals surface area contributed by atoms with Gasteiger partial charge in [0.1, 0.15) is 6.61 Å². The first kappa shape index (κ1) is 19.1. The van der Waals surface area contributed by atoms with Crippen molar-refractivity contribution in [1.82, 2.24) is 10.2 Å². The van der Waals surface area contributed by atoms with Gasteiger partial charge in [0.25, 0.3) is 5.91 Å². The molecule has 1 aliphatic heterocycles. The molecule has 4 rings (SSSR count). The summed E-state index contributed by atoms with van der Waals surface area (Å²) in [6.07, 6.45) is 3.62. The Kier molecular flexibility index (Phi) is 5.74. The number of benzene rings is 2. The number of ether oxygens (including phenoxy) is 2. The van der Waals surface area contributed by atoms with Gasteiger partial charge in [0.2, 0.25) is 0 Å². The van der Waals surface area contributed by atoms with Gasteiger partial charge in [-0.15, -0.1) is 0 Å². The van der Waals surface area contributed by atoms with E-state index in [0.29, 0.717) is 28.7 Å². The van der Waals surface area contributed by atoms with Crippen molar-refractivity contribution in [3.05, 3.63) is 58.6 Å². The van der Waals surface area contributed by atoms with E-state index >= 15 is 0 Å². The molecule has 1 heterocycles. The molecule has 6 heteroatoms. The lowest BCUT2D eigenvalue weighted by atomic mass is 10.1. The third-order valence-corrected chi connectivity index (χ3v) is 5.60. The quantitative estimate of drug-likeness (QED) is 0.766. The first-order valence-electron chi connectivity index (χ1n) is 9.72. The second-order valence-electron chi connectivity index (χ2n) is 7.47. The van der Waals surface area contributed by atoms with Crippen LogP contribution in [0.5, 0.6) is 11.5 Å². The van der Waals surface area contributed by atoms with Crippen LogP contribution in [0.3, 0.4) is 0 Å². The van der Waals surface area contributed by atoms with Crippen molar-refractivity contribution in [2.75, 3.05) is 20.2 Å². The standard InChI is InChI=1S/C22H25ClN2O3/c1-27-21-12-16(22(26)24-18-10-11-25(13-18)19-7-8-19)4-9-20(21)28-14-15-2-5-17(23)6-3-15/h2-6,9,12,18-19H,7-8,10-11,13-14H2,1H3,(H,24,26). The number of hydrogen-bond donors (Lipinski definition) is 1. The number of amides is 1. The largest absolute Gasteiger partial charge is 0.493 e. The molecular weight excluding hydrogens is 376 g/mol. The van der Waals surface area contributed by atoms with Crippen LogP contribution < -0.4 is 14.8 Å². The van der Waals surface area contributed by atoms with E-state index in [-0.39, 0.29) is 11.9 Å². The Morgan fingerprint density at radius 2 is 1.93 bits per heavy atom. The first-order chi connectivity index (χ1) is 13.6. The van der Waals surface area contributed by atoms with E-state index < -0.39 is 0 Å². The van der Waals surface area contributed by atoms with Crippen LogP contribution in [0, 0.1) is 0 Å². The molecule has 0 radical (unpaired) electrons. The molecule has 2 fully saturated rings. The average Bonchev–Trinajstić information content (AvgIpc) is 3.46. The molecule has 1 amide bonds. The van der Waals surface area contributed by atoms with Crippen LogP contribution in [0.4, 0.5) is 0 Å². The predicted octanol–water partition coefficient (Wildman–Crippen LogP) is 3.89. The van der Waals surface area contributed by atoms with E-state index in [0.717, 1.165) is 31.1 Å². The van der Waals surface area contributed by atoms with Crippen molar-refractivity contribution in [2.45, 2.75) is 38.0 Å². The van der Waals surface area contributed by atoms with Crippen molar-refractivity contribution < 1.29 is 14.3 Å². The monoisotopic (exact) mass is 400 g/mol. The van der Waals surface area contributed by atoms with Crippen molar-refractivity contribution in [3.63, 3.8) is 0 Å². The Morgan fingerprint density at radius 1 is 1.14 bits per heavy atom. The fourth-order valence-corrected chi connectivity index (χ4v) is 3.74. The number of rotatable bonds is 7. The molecule has 2 aromatic rings. The van der Waals surface area contributed by atoms with Crippen LogP contribution in [0.25, 0.3) is 0 Å². The maximum Gasteiger partial charge on any atom is 0.251 e. The molecule has 1 N–H and O–H groups in total. The molecule has 1 unspecified atom stereocenters. The number of nitrogens with zero attached hydrogens (tertiary/aromatic N) is 1. The topological polar surface area (TPSA) is 50.8 Å². The molecule has 28 heavy (non-hydrogen) atoms. The van der Waals surface area contributed by atoms with Gasteiger partial charge in [0.15, 0.2) is 11.5 Å². The van der Waals surface area contributed by atoms with Crippen molar-refractivity contribution in [1.29, 1.82) is 0 Å². The van der Waals surface area contributed by atoms with Gasteiger partial charge < -0.3 is 14.8 Å². The summed E-state index contributed by atoms with van der Waals surface area (Å²) in [6.45, 7) is 2.43. The maximum atomic E-state index is 12.6. The third kappa shape index (κ3) is 4.59. The van der Waals surface area contributed by atoms with Gasteiger partial charge in [-0.3, -0.25) is 9.69 Å². The Bertz CT molecular complexity index is 836. The molecule has 0 spiro atoms. The fourth-order valence-electron chi connectivity index (χ4n) is 3.61. The van der Waals surface area contributed by atoms with E-state index in [4.69, 9.17) is 21.1 Å². The van der Waals surface area contributed by atoms with Gasteiger partial charge in [0.05, 0.1) is 7.11 Å². The molecule has 0 aromatic heterocycles. The van der Waals surface area contributed by atoms with Crippen LogP contribution in [0.1, 0.15) is 35.2 Å². The minimum absolute atomic E-state index is 0.0646. The van der Waals surface area contributed by atoms with Crippen LogP contribution in [0.2, 0.25) is 5.02 Å². The minimum Gasteiger partial charge on any atom is -0.493 e. The van der Waals surface area contributed by atoms with Crippen LogP contribution in [0.15, 0.2) is 42.5 Å². The lowest BCUT2D eigenvalue weighted by Gasteiger charge is -2.16. The van der Waals surface area contributed by atoms with Crippen molar-refractivity contribution in [3.8, 4) is 11.5 Å². The summed E-state index contributed by atoms with van der Waals surface area (Å²) < 4.78 is 11.3. The third-order valence-electron chi connectivity index (χ3n) is 5.35. The van der Waals surface area contributed by atoms with Crippen LogP contribution in [-0.2, 0) is 6.61 Å². The predicted molar refractivity (Wildman–Crippen MR) is 109 cm³/mol. The molecule has 2 aromatic carbocycles. The summed E-state index contributed by atoms with van der Waals surface area (Å²) in [7, 11) is 1.58.